The standard InChI is InChI=1S/C20H29N3O2S/c1-4-18-23(19(24)16-8-6-15(3)7-9-16)17(14-26-18)20(25)22-12-10-21(5-2)11-13-22/h6-9,17-18H,4-5,10-14H2,1-3H3. The van der Waals surface area contributed by atoms with Crippen molar-refractivity contribution in [2.75, 3.05) is 38.5 Å². The number of nitrogens with zero attached hydrogens (tertiary/aromatic N) is 3. The van der Waals surface area contributed by atoms with E-state index in [1.807, 2.05) is 41.0 Å². The van der Waals surface area contributed by atoms with Crippen LogP contribution in [0.4, 0.5) is 0 Å². The van der Waals surface area contributed by atoms with Gasteiger partial charge in [-0.3, -0.25) is 9.59 Å². The van der Waals surface area contributed by atoms with Gasteiger partial charge in [0.25, 0.3) is 5.91 Å². The van der Waals surface area contributed by atoms with Crippen molar-refractivity contribution in [2.45, 2.75) is 38.6 Å². The number of carbonyl (C=O) groups excluding carboxylic acids is 2. The first-order valence-corrected chi connectivity index (χ1v) is 10.6. The van der Waals surface area contributed by atoms with Crippen molar-refractivity contribution < 1.29 is 9.59 Å². The maximum Gasteiger partial charge on any atom is 0.255 e. The van der Waals surface area contributed by atoms with Crippen LogP contribution in [0.3, 0.4) is 0 Å². The number of aryl methyl sites for hydroxylation is 1. The molecule has 1 aromatic rings. The van der Waals surface area contributed by atoms with E-state index in [9.17, 15) is 9.59 Å². The molecule has 2 unspecified atom stereocenters. The van der Waals surface area contributed by atoms with Crippen molar-refractivity contribution in [1.29, 1.82) is 0 Å². The predicted molar refractivity (Wildman–Crippen MR) is 106 cm³/mol. The Morgan fingerprint density at radius 2 is 1.73 bits per heavy atom. The second-order valence-corrected chi connectivity index (χ2v) is 8.26. The summed E-state index contributed by atoms with van der Waals surface area (Å²) in [6.45, 7) is 10.6. The number of thioether (sulfide) groups is 1. The van der Waals surface area contributed by atoms with Crippen LogP contribution in [0.2, 0.25) is 0 Å². The molecular formula is C20H29N3O2S. The maximum absolute atomic E-state index is 13.2. The van der Waals surface area contributed by atoms with Crippen molar-refractivity contribution in [3.8, 4) is 0 Å². The molecule has 0 spiro atoms. The minimum atomic E-state index is -0.341. The maximum atomic E-state index is 13.2. The molecule has 142 valence electrons. The van der Waals surface area contributed by atoms with Crippen molar-refractivity contribution >= 4 is 23.6 Å². The molecule has 26 heavy (non-hydrogen) atoms. The molecule has 3 rings (SSSR count). The van der Waals surface area contributed by atoms with Crippen molar-refractivity contribution in [3.05, 3.63) is 35.4 Å². The normalized spacial score (nSPS) is 24.1. The summed E-state index contributed by atoms with van der Waals surface area (Å²) in [7, 11) is 0. The van der Waals surface area contributed by atoms with Crippen molar-refractivity contribution in [3.63, 3.8) is 0 Å². The average Bonchev–Trinajstić information content (AvgIpc) is 3.11. The molecule has 0 saturated carbocycles. The van der Waals surface area contributed by atoms with Gasteiger partial charge in [-0.25, -0.2) is 0 Å². The van der Waals surface area contributed by atoms with Gasteiger partial charge < -0.3 is 14.7 Å². The summed E-state index contributed by atoms with van der Waals surface area (Å²) in [4.78, 5) is 32.5. The van der Waals surface area contributed by atoms with E-state index in [0.29, 0.717) is 11.3 Å². The Labute approximate surface area is 160 Å². The topological polar surface area (TPSA) is 43.9 Å². The molecule has 2 aliphatic rings. The van der Waals surface area contributed by atoms with Gasteiger partial charge in [-0.05, 0) is 32.0 Å². The van der Waals surface area contributed by atoms with Crippen LogP contribution < -0.4 is 0 Å². The monoisotopic (exact) mass is 375 g/mol. The number of hydrogen-bond donors (Lipinski definition) is 0. The van der Waals surface area contributed by atoms with Gasteiger partial charge in [-0.15, -0.1) is 11.8 Å². The number of hydrogen-bond acceptors (Lipinski definition) is 4. The van der Waals surface area contributed by atoms with E-state index < -0.39 is 0 Å². The minimum absolute atomic E-state index is 0.0209. The van der Waals surface area contributed by atoms with Gasteiger partial charge in [0.2, 0.25) is 5.91 Å². The zero-order valence-corrected chi connectivity index (χ0v) is 16.8. The van der Waals surface area contributed by atoms with Crippen LogP contribution in [0.5, 0.6) is 0 Å². The summed E-state index contributed by atoms with van der Waals surface area (Å²) >= 11 is 1.73. The van der Waals surface area contributed by atoms with Gasteiger partial charge in [0, 0.05) is 37.5 Å². The Kier molecular flexibility index (Phi) is 6.24. The Morgan fingerprint density at radius 1 is 1.08 bits per heavy atom. The van der Waals surface area contributed by atoms with Crippen LogP contribution in [-0.4, -0.2) is 76.4 Å². The van der Waals surface area contributed by atoms with Crippen LogP contribution in [0, 0.1) is 6.92 Å². The molecular weight excluding hydrogens is 346 g/mol. The van der Waals surface area contributed by atoms with E-state index in [1.54, 1.807) is 11.8 Å². The van der Waals surface area contributed by atoms with Gasteiger partial charge >= 0.3 is 0 Å². The Bertz CT molecular complexity index is 641. The summed E-state index contributed by atoms with van der Waals surface area (Å²) in [6.07, 6.45) is 0.857. The van der Waals surface area contributed by atoms with E-state index in [2.05, 4.69) is 18.7 Å². The van der Waals surface area contributed by atoms with Gasteiger partial charge in [0.05, 0.1) is 5.37 Å². The third-order valence-corrected chi connectivity index (χ3v) is 6.84. The highest BCUT2D eigenvalue weighted by Crippen LogP contribution is 2.33. The molecule has 0 radical (unpaired) electrons. The zero-order chi connectivity index (χ0) is 18.7. The second kappa shape index (κ2) is 8.44. The Balaban J connectivity index is 1.76. The van der Waals surface area contributed by atoms with Crippen molar-refractivity contribution in [2.24, 2.45) is 0 Å². The molecule has 2 atom stereocenters. The highest BCUT2D eigenvalue weighted by molar-refractivity contribution is 8.00. The second-order valence-electron chi connectivity index (χ2n) is 7.05. The zero-order valence-electron chi connectivity index (χ0n) is 16.0. The lowest BCUT2D eigenvalue weighted by molar-refractivity contribution is -0.137. The SMILES string of the molecule is CCC1SCC(C(=O)N2CCN(CC)CC2)N1C(=O)c1ccc(C)cc1. The van der Waals surface area contributed by atoms with Gasteiger partial charge in [-0.1, -0.05) is 31.5 Å². The van der Waals surface area contributed by atoms with Gasteiger partial charge in [0.1, 0.15) is 6.04 Å². The Hall–Kier alpha value is -1.53. The molecule has 6 heteroatoms. The van der Waals surface area contributed by atoms with Crippen LogP contribution in [-0.2, 0) is 4.79 Å². The molecule has 0 N–H and O–H groups in total. The molecule has 2 aliphatic heterocycles. The quantitative estimate of drug-likeness (QED) is 0.811. The van der Waals surface area contributed by atoms with E-state index in [0.717, 1.165) is 44.7 Å². The summed E-state index contributed by atoms with van der Waals surface area (Å²) in [5, 5.41) is 0.0784. The molecule has 0 bridgehead atoms. The van der Waals surface area contributed by atoms with E-state index >= 15 is 0 Å². The first-order chi connectivity index (χ1) is 12.5. The molecule has 2 fully saturated rings. The fourth-order valence-corrected chi connectivity index (χ4v) is 5.03. The van der Waals surface area contributed by atoms with Crippen LogP contribution in [0.25, 0.3) is 0 Å². The largest absolute Gasteiger partial charge is 0.338 e. The van der Waals surface area contributed by atoms with Crippen molar-refractivity contribution in [1.82, 2.24) is 14.7 Å². The molecule has 1 aromatic carbocycles. The third kappa shape index (κ3) is 3.91. The highest BCUT2D eigenvalue weighted by Gasteiger charge is 2.42. The lowest BCUT2D eigenvalue weighted by Crippen LogP contribution is -2.55. The molecule has 0 aliphatic carbocycles. The first kappa shape index (κ1) is 19.2. The fourth-order valence-electron chi connectivity index (χ4n) is 3.68. The number of likely N-dealkylation sites (N-methyl/N-ethyl adjacent to an activating group) is 1. The fraction of sp³-hybridized carbons (Fsp3) is 0.600. The summed E-state index contributed by atoms with van der Waals surface area (Å²) in [5.74, 6) is 0.792. The molecule has 2 heterocycles. The predicted octanol–water partition coefficient (Wildman–Crippen LogP) is 2.45. The van der Waals surface area contributed by atoms with Crippen LogP contribution in [0.1, 0.15) is 36.2 Å². The molecule has 2 amide bonds. The number of rotatable bonds is 4. The lowest BCUT2D eigenvalue weighted by Gasteiger charge is -2.37. The molecule has 0 aromatic heterocycles. The summed E-state index contributed by atoms with van der Waals surface area (Å²) in [6, 6.07) is 7.31. The van der Waals surface area contributed by atoms with Gasteiger partial charge in [0.15, 0.2) is 0 Å². The number of amides is 2. The minimum Gasteiger partial charge on any atom is -0.338 e. The summed E-state index contributed by atoms with van der Waals surface area (Å²) < 4.78 is 0. The van der Waals surface area contributed by atoms with E-state index in [4.69, 9.17) is 0 Å². The molecule has 2 saturated heterocycles. The third-order valence-electron chi connectivity index (χ3n) is 5.39. The number of benzene rings is 1. The average molecular weight is 376 g/mol. The summed E-state index contributed by atoms with van der Waals surface area (Å²) in [5.41, 5.74) is 1.80. The lowest BCUT2D eigenvalue weighted by atomic mass is 10.1. The smallest absolute Gasteiger partial charge is 0.255 e. The van der Waals surface area contributed by atoms with Crippen LogP contribution in [0.15, 0.2) is 24.3 Å². The number of piperazine rings is 1. The Morgan fingerprint density at radius 3 is 2.31 bits per heavy atom. The number of carbonyl (C=O) groups is 2. The molecule has 5 nitrogen and oxygen atoms in total. The van der Waals surface area contributed by atoms with Gasteiger partial charge in [-0.2, -0.15) is 0 Å². The first-order valence-electron chi connectivity index (χ1n) is 9.57. The van der Waals surface area contributed by atoms with E-state index in [-0.39, 0.29) is 23.2 Å². The van der Waals surface area contributed by atoms with Crippen LogP contribution >= 0.6 is 11.8 Å². The van der Waals surface area contributed by atoms with E-state index in [1.165, 1.54) is 0 Å². The highest BCUT2D eigenvalue weighted by atomic mass is 32.2.